The zero-order valence-corrected chi connectivity index (χ0v) is 19.8. The van der Waals surface area contributed by atoms with Crippen LogP contribution in [0.1, 0.15) is 19.3 Å². The summed E-state index contributed by atoms with van der Waals surface area (Å²) in [4.78, 5) is 27.0. The number of rotatable bonds is 7. The van der Waals surface area contributed by atoms with Crippen molar-refractivity contribution in [2.75, 3.05) is 23.3 Å². The molecule has 1 atom stereocenters. The largest absolute Gasteiger partial charge is 0.457 e. The molecule has 2 heterocycles. The van der Waals surface area contributed by atoms with Gasteiger partial charge in [0.1, 0.15) is 17.5 Å². The second-order valence-electron chi connectivity index (χ2n) is 8.51. The molecule has 2 fully saturated rings. The van der Waals surface area contributed by atoms with Crippen molar-refractivity contribution in [3.05, 3.63) is 78.9 Å². The third-order valence-electron chi connectivity index (χ3n) is 6.12. The van der Waals surface area contributed by atoms with E-state index in [4.69, 9.17) is 4.74 Å². The SMILES string of the molecule is O=C1C[C@@H](Nc2ccc(S(=O)(=O)N3CCCC3)cc2)C(=O)N1c1ccc(Oc2ccccc2)cc1. The van der Waals surface area contributed by atoms with Crippen molar-refractivity contribution >= 4 is 33.2 Å². The number of hydrogen-bond acceptors (Lipinski definition) is 6. The summed E-state index contributed by atoms with van der Waals surface area (Å²) in [7, 11) is -3.50. The number of ether oxygens (including phenoxy) is 1. The molecule has 0 saturated carbocycles. The standard InChI is InChI=1S/C26H25N3O5S/c30-25-18-24(27-19-8-14-23(15-9-19)35(32,33)28-16-4-5-17-28)26(31)29(25)20-10-12-22(13-11-20)34-21-6-2-1-3-7-21/h1-3,6-15,24,27H,4-5,16-18H2/t24-/m1/s1. The average Bonchev–Trinajstić information content (AvgIpc) is 3.50. The van der Waals surface area contributed by atoms with E-state index in [1.165, 1.54) is 16.4 Å². The average molecular weight is 492 g/mol. The van der Waals surface area contributed by atoms with Crippen molar-refractivity contribution in [1.29, 1.82) is 0 Å². The molecule has 1 N–H and O–H groups in total. The summed E-state index contributed by atoms with van der Waals surface area (Å²) >= 11 is 0. The van der Waals surface area contributed by atoms with Crippen molar-refractivity contribution in [1.82, 2.24) is 4.31 Å². The van der Waals surface area contributed by atoms with Crippen LogP contribution in [0, 0.1) is 0 Å². The Morgan fingerprint density at radius 2 is 1.43 bits per heavy atom. The molecule has 9 heteroatoms. The molecule has 35 heavy (non-hydrogen) atoms. The highest BCUT2D eigenvalue weighted by Gasteiger charge is 2.39. The number of hydrogen-bond donors (Lipinski definition) is 1. The molecule has 2 amide bonds. The van der Waals surface area contributed by atoms with E-state index in [1.54, 1.807) is 36.4 Å². The molecule has 5 rings (SSSR count). The van der Waals surface area contributed by atoms with Gasteiger partial charge in [-0.3, -0.25) is 9.59 Å². The number of sulfonamides is 1. The molecule has 0 bridgehead atoms. The number of benzene rings is 3. The number of carbonyl (C=O) groups excluding carboxylic acids is 2. The Balaban J connectivity index is 1.25. The van der Waals surface area contributed by atoms with E-state index in [1.807, 2.05) is 30.3 Å². The summed E-state index contributed by atoms with van der Waals surface area (Å²) in [5.41, 5.74) is 1.04. The lowest BCUT2D eigenvalue weighted by Gasteiger charge is -2.18. The van der Waals surface area contributed by atoms with Crippen LogP contribution in [-0.4, -0.2) is 43.7 Å². The first-order valence-corrected chi connectivity index (χ1v) is 12.9. The fraction of sp³-hybridized carbons (Fsp3) is 0.231. The number of amides is 2. The molecule has 3 aromatic carbocycles. The summed E-state index contributed by atoms with van der Waals surface area (Å²) < 4.78 is 32.7. The highest BCUT2D eigenvalue weighted by Crippen LogP contribution is 2.29. The fourth-order valence-electron chi connectivity index (χ4n) is 4.31. The molecular weight excluding hydrogens is 466 g/mol. The first-order valence-electron chi connectivity index (χ1n) is 11.5. The number of imide groups is 1. The summed E-state index contributed by atoms with van der Waals surface area (Å²) in [5, 5.41) is 3.07. The van der Waals surface area contributed by atoms with Crippen molar-refractivity contribution in [2.24, 2.45) is 0 Å². The van der Waals surface area contributed by atoms with Crippen LogP contribution in [0.4, 0.5) is 11.4 Å². The lowest BCUT2D eigenvalue weighted by molar-refractivity contribution is -0.121. The number of nitrogens with zero attached hydrogens (tertiary/aromatic N) is 2. The van der Waals surface area contributed by atoms with Gasteiger partial charge in [0.2, 0.25) is 15.9 Å². The predicted molar refractivity (Wildman–Crippen MR) is 132 cm³/mol. The summed E-state index contributed by atoms with van der Waals surface area (Å²) in [6.07, 6.45) is 1.75. The zero-order valence-electron chi connectivity index (χ0n) is 19.0. The number of para-hydroxylation sites is 1. The molecule has 0 aromatic heterocycles. The van der Waals surface area contributed by atoms with Gasteiger partial charge in [-0.2, -0.15) is 4.31 Å². The highest BCUT2D eigenvalue weighted by atomic mass is 32.2. The Bertz CT molecular complexity index is 1320. The normalized spacial score (nSPS) is 18.7. The fourth-order valence-corrected chi connectivity index (χ4v) is 5.82. The Hall–Kier alpha value is -3.69. The van der Waals surface area contributed by atoms with Crippen molar-refractivity contribution < 1.29 is 22.7 Å². The second kappa shape index (κ2) is 9.52. The molecular formula is C26H25N3O5S. The van der Waals surface area contributed by atoms with Gasteiger partial charge in [0.05, 0.1) is 17.0 Å². The van der Waals surface area contributed by atoms with Gasteiger partial charge in [-0.1, -0.05) is 18.2 Å². The molecule has 8 nitrogen and oxygen atoms in total. The van der Waals surface area contributed by atoms with E-state index in [9.17, 15) is 18.0 Å². The smallest absolute Gasteiger partial charge is 0.256 e. The summed E-state index contributed by atoms with van der Waals surface area (Å²) in [6.45, 7) is 1.08. The van der Waals surface area contributed by atoms with E-state index in [-0.39, 0.29) is 23.1 Å². The van der Waals surface area contributed by atoms with Gasteiger partial charge in [-0.15, -0.1) is 0 Å². The first kappa shape index (κ1) is 23.1. The third kappa shape index (κ3) is 4.78. The number of nitrogens with one attached hydrogen (secondary N) is 1. The quantitative estimate of drug-likeness (QED) is 0.502. The minimum Gasteiger partial charge on any atom is -0.457 e. The van der Waals surface area contributed by atoms with Gasteiger partial charge in [-0.05, 0) is 73.5 Å². The molecule has 0 unspecified atom stereocenters. The molecule has 0 radical (unpaired) electrons. The van der Waals surface area contributed by atoms with E-state index >= 15 is 0 Å². The Labute approximate surface area is 204 Å². The van der Waals surface area contributed by atoms with E-state index < -0.39 is 16.1 Å². The molecule has 180 valence electrons. The van der Waals surface area contributed by atoms with Crippen LogP contribution in [0.2, 0.25) is 0 Å². The Morgan fingerprint density at radius 1 is 0.800 bits per heavy atom. The van der Waals surface area contributed by atoms with Crippen LogP contribution in [-0.2, 0) is 19.6 Å². The van der Waals surface area contributed by atoms with Gasteiger partial charge in [-0.25, -0.2) is 13.3 Å². The zero-order chi connectivity index (χ0) is 24.4. The van der Waals surface area contributed by atoms with Gasteiger partial charge in [0.15, 0.2) is 0 Å². The van der Waals surface area contributed by atoms with E-state index in [2.05, 4.69) is 5.32 Å². The molecule has 3 aromatic rings. The van der Waals surface area contributed by atoms with Crippen LogP contribution in [0.3, 0.4) is 0 Å². The summed E-state index contributed by atoms with van der Waals surface area (Å²) in [6, 6.07) is 21.7. The lowest BCUT2D eigenvalue weighted by Crippen LogP contribution is -2.34. The van der Waals surface area contributed by atoms with E-state index in [0.717, 1.165) is 17.7 Å². The van der Waals surface area contributed by atoms with Crippen molar-refractivity contribution in [3.8, 4) is 11.5 Å². The minimum atomic E-state index is -3.50. The van der Waals surface area contributed by atoms with Gasteiger partial charge >= 0.3 is 0 Å². The van der Waals surface area contributed by atoms with Crippen molar-refractivity contribution in [3.63, 3.8) is 0 Å². The van der Waals surface area contributed by atoms with E-state index in [0.29, 0.717) is 36.0 Å². The number of anilines is 2. The molecule has 0 aliphatic carbocycles. The second-order valence-corrected chi connectivity index (χ2v) is 10.5. The van der Waals surface area contributed by atoms with Gasteiger partial charge in [0, 0.05) is 18.8 Å². The Kier molecular flexibility index (Phi) is 6.27. The van der Waals surface area contributed by atoms with Gasteiger partial charge < -0.3 is 10.1 Å². The monoisotopic (exact) mass is 491 g/mol. The number of carbonyl (C=O) groups is 2. The maximum atomic E-state index is 13.0. The first-order chi connectivity index (χ1) is 16.9. The molecule has 2 saturated heterocycles. The third-order valence-corrected chi connectivity index (χ3v) is 8.03. The molecule has 2 aliphatic heterocycles. The van der Waals surface area contributed by atoms with Crippen LogP contribution < -0.4 is 15.0 Å². The topological polar surface area (TPSA) is 96.0 Å². The predicted octanol–water partition coefficient (Wildman–Crippen LogP) is 4.01. The molecule has 0 spiro atoms. The molecule has 2 aliphatic rings. The summed E-state index contributed by atoms with van der Waals surface area (Å²) in [5.74, 6) is 0.618. The lowest BCUT2D eigenvalue weighted by atomic mass is 10.2. The van der Waals surface area contributed by atoms with Crippen LogP contribution >= 0.6 is 0 Å². The highest BCUT2D eigenvalue weighted by molar-refractivity contribution is 7.89. The van der Waals surface area contributed by atoms with Crippen LogP contribution in [0.15, 0.2) is 83.8 Å². The van der Waals surface area contributed by atoms with Crippen LogP contribution in [0.25, 0.3) is 0 Å². The Morgan fingerprint density at radius 3 is 2.09 bits per heavy atom. The van der Waals surface area contributed by atoms with Crippen LogP contribution in [0.5, 0.6) is 11.5 Å². The minimum absolute atomic E-state index is 0.00886. The maximum Gasteiger partial charge on any atom is 0.256 e. The van der Waals surface area contributed by atoms with Gasteiger partial charge in [0.25, 0.3) is 5.91 Å². The van der Waals surface area contributed by atoms with Crippen molar-refractivity contribution in [2.45, 2.75) is 30.2 Å². The maximum absolute atomic E-state index is 13.0.